The first kappa shape index (κ1) is 21.4. The van der Waals surface area contributed by atoms with Crippen molar-refractivity contribution in [3.63, 3.8) is 0 Å². The first-order valence-electron chi connectivity index (χ1n) is 10.4. The molecule has 0 spiro atoms. The molecular formula is C25H27NO4. The summed E-state index contributed by atoms with van der Waals surface area (Å²) >= 11 is 0. The van der Waals surface area contributed by atoms with Gasteiger partial charge in [-0.05, 0) is 35.1 Å². The summed E-state index contributed by atoms with van der Waals surface area (Å²) < 4.78 is 5.44. The van der Waals surface area contributed by atoms with Crippen LogP contribution < -0.4 is 5.32 Å². The number of carboxylic acids is 1. The predicted octanol–water partition coefficient (Wildman–Crippen LogP) is 4.95. The van der Waals surface area contributed by atoms with Crippen LogP contribution in [0.25, 0.3) is 11.1 Å². The van der Waals surface area contributed by atoms with Gasteiger partial charge in [0, 0.05) is 12.3 Å². The molecule has 1 aliphatic rings. The van der Waals surface area contributed by atoms with Gasteiger partial charge in [-0.3, -0.25) is 0 Å². The highest BCUT2D eigenvalue weighted by Gasteiger charge is 2.29. The quantitative estimate of drug-likeness (QED) is 0.433. The number of carbonyl (C=O) groups excluding carboxylic acids is 1. The predicted molar refractivity (Wildman–Crippen MR) is 116 cm³/mol. The third-order valence-corrected chi connectivity index (χ3v) is 5.50. The van der Waals surface area contributed by atoms with E-state index in [1.807, 2.05) is 36.4 Å². The minimum Gasteiger partial charge on any atom is -0.480 e. The van der Waals surface area contributed by atoms with Crippen LogP contribution in [0.3, 0.4) is 0 Å². The van der Waals surface area contributed by atoms with Gasteiger partial charge in [0.25, 0.3) is 0 Å². The average molecular weight is 405 g/mol. The molecule has 2 aromatic carbocycles. The Kier molecular flexibility index (Phi) is 7.51. The van der Waals surface area contributed by atoms with Crippen molar-refractivity contribution in [1.82, 2.24) is 5.32 Å². The molecule has 2 N–H and O–H groups in total. The number of alkyl carbamates (subject to hydrolysis) is 1. The zero-order valence-corrected chi connectivity index (χ0v) is 17.0. The standard InChI is InChI=1S/C25H27NO4/c1-2-3-4-5-6-7-16-23(24(27)28)26-25(29)30-17-22-20-14-10-8-12-18(20)19-13-9-11-15-21(19)22/h1,8-15,22-23H,3-7,16-17H2,(H,26,29)(H,27,28)/t23-/m0/s1. The number of nitrogens with one attached hydrogen (secondary N) is 1. The van der Waals surface area contributed by atoms with Gasteiger partial charge >= 0.3 is 12.1 Å². The van der Waals surface area contributed by atoms with Crippen LogP contribution in [0.4, 0.5) is 4.79 Å². The van der Waals surface area contributed by atoms with Crippen molar-refractivity contribution in [1.29, 1.82) is 0 Å². The molecule has 0 aliphatic heterocycles. The monoisotopic (exact) mass is 405 g/mol. The summed E-state index contributed by atoms with van der Waals surface area (Å²) in [7, 11) is 0. The van der Waals surface area contributed by atoms with Crippen LogP contribution in [0.1, 0.15) is 55.6 Å². The zero-order valence-electron chi connectivity index (χ0n) is 17.0. The molecule has 0 bridgehead atoms. The van der Waals surface area contributed by atoms with E-state index in [1.54, 1.807) is 0 Å². The normalized spacial score (nSPS) is 13.0. The Balaban J connectivity index is 1.53. The van der Waals surface area contributed by atoms with Crippen molar-refractivity contribution in [2.24, 2.45) is 0 Å². The van der Waals surface area contributed by atoms with Gasteiger partial charge in [0.1, 0.15) is 12.6 Å². The Morgan fingerprint density at radius 3 is 2.20 bits per heavy atom. The van der Waals surface area contributed by atoms with E-state index in [4.69, 9.17) is 11.2 Å². The summed E-state index contributed by atoms with van der Waals surface area (Å²) in [6.45, 7) is 0.165. The Morgan fingerprint density at radius 1 is 1.00 bits per heavy atom. The number of terminal acetylenes is 1. The molecular weight excluding hydrogens is 378 g/mol. The van der Waals surface area contributed by atoms with E-state index in [2.05, 4.69) is 23.4 Å². The van der Waals surface area contributed by atoms with Gasteiger partial charge in [0.15, 0.2) is 0 Å². The highest BCUT2D eigenvalue weighted by atomic mass is 16.5. The minimum atomic E-state index is -1.05. The lowest BCUT2D eigenvalue weighted by atomic mass is 9.98. The molecule has 0 radical (unpaired) electrons. The van der Waals surface area contributed by atoms with E-state index in [1.165, 1.54) is 0 Å². The molecule has 1 aliphatic carbocycles. The molecule has 0 saturated carbocycles. The van der Waals surface area contributed by atoms with E-state index in [0.29, 0.717) is 12.8 Å². The molecule has 0 unspecified atom stereocenters. The van der Waals surface area contributed by atoms with E-state index in [-0.39, 0.29) is 12.5 Å². The number of aliphatic carboxylic acids is 1. The van der Waals surface area contributed by atoms with Crippen LogP contribution >= 0.6 is 0 Å². The zero-order chi connectivity index (χ0) is 21.3. The second-order valence-corrected chi connectivity index (χ2v) is 7.52. The van der Waals surface area contributed by atoms with Gasteiger partial charge in [0.2, 0.25) is 0 Å². The number of rotatable bonds is 10. The molecule has 5 heteroatoms. The third kappa shape index (κ3) is 5.21. The summed E-state index contributed by atoms with van der Waals surface area (Å²) in [6, 6.07) is 15.2. The van der Waals surface area contributed by atoms with Crippen LogP contribution in [0.15, 0.2) is 48.5 Å². The molecule has 5 nitrogen and oxygen atoms in total. The van der Waals surface area contributed by atoms with Gasteiger partial charge in [-0.25, -0.2) is 9.59 Å². The highest BCUT2D eigenvalue weighted by Crippen LogP contribution is 2.44. The number of carboxylic acid groups (broad SMARTS) is 1. The van der Waals surface area contributed by atoms with E-state index in [0.717, 1.165) is 47.9 Å². The Bertz CT molecular complexity index is 885. The number of ether oxygens (including phenoxy) is 1. The van der Waals surface area contributed by atoms with Crippen molar-refractivity contribution in [2.45, 2.75) is 50.5 Å². The molecule has 3 rings (SSSR count). The molecule has 0 fully saturated rings. The maximum absolute atomic E-state index is 12.3. The Labute approximate surface area is 177 Å². The minimum absolute atomic E-state index is 0.0532. The number of amides is 1. The van der Waals surface area contributed by atoms with Gasteiger partial charge in [-0.1, -0.05) is 67.8 Å². The van der Waals surface area contributed by atoms with Crippen LogP contribution in [0.2, 0.25) is 0 Å². The molecule has 1 atom stereocenters. The van der Waals surface area contributed by atoms with Crippen molar-refractivity contribution in [3.05, 3.63) is 59.7 Å². The lowest BCUT2D eigenvalue weighted by molar-refractivity contribution is -0.139. The van der Waals surface area contributed by atoms with Crippen LogP contribution in [-0.2, 0) is 9.53 Å². The molecule has 30 heavy (non-hydrogen) atoms. The third-order valence-electron chi connectivity index (χ3n) is 5.50. The smallest absolute Gasteiger partial charge is 0.407 e. The molecule has 0 aromatic heterocycles. The summed E-state index contributed by atoms with van der Waals surface area (Å²) in [6.07, 6.45) is 9.13. The van der Waals surface area contributed by atoms with E-state index < -0.39 is 18.1 Å². The summed E-state index contributed by atoms with van der Waals surface area (Å²) in [5, 5.41) is 11.9. The highest BCUT2D eigenvalue weighted by molar-refractivity contribution is 5.81. The fourth-order valence-electron chi connectivity index (χ4n) is 3.97. The van der Waals surface area contributed by atoms with Gasteiger partial charge in [-0.15, -0.1) is 12.3 Å². The lowest BCUT2D eigenvalue weighted by Crippen LogP contribution is -2.41. The number of hydrogen-bond donors (Lipinski definition) is 2. The van der Waals surface area contributed by atoms with Crippen molar-refractivity contribution >= 4 is 12.1 Å². The molecule has 0 saturated heterocycles. The second-order valence-electron chi connectivity index (χ2n) is 7.52. The fraction of sp³-hybridized carbons (Fsp3) is 0.360. The van der Waals surface area contributed by atoms with Crippen LogP contribution in [-0.4, -0.2) is 29.8 Å². The lowest BCUT2D eigenvalue weighted by Gasteiger charge is -2.17. The summed E-state index contributed by atoms with van der Waals surface area (Å²) in [5.74, 6) is 1.49. The molecule has 2 aromatic rings. The number of benzene rings is 2. The summed E-state index contributed by atoms with van der Waals surface area (Å²) in [5.41, 5.74) is 4.53. The van der Waals surface area contributed by atoms with Crippen LogP contribution in [0, 0.1) is 12.3 Å². The fourth-order valence-corrected chi connectivity index (χ4v) is 3.97. The van der Waals surface area contributed by atoms with Crippen molar-refractivity contribution < 1.29 is 19.4 Å². The SMILES string of the molecule is C#CCCCCCC[C@H](NC(=O)OCC1c2ccccc2-c2ccccc21)C(=O)O. The summed E-state index contributed by atoms with van der Waals surface area (Å²) in [4.78, 5) is 23.8. The average Bonchev–Trinajstić information content (AvgIpc) is 3.07. The Hall–Kier alpha value is -3.26. The van der Waals surface area contributed by atoms with Gasteiger partial charge in [-0.2, -0.15) is 0 Å². The number of fused-ring (bicyclic) bond motifs is 3. The first-order chi connectivity index (χ1) is 14.6. The van der Waals surface area contributed by atoms with Crippen molar-refractivity contribution in [3.8, 4) is 23.5 Å². The largest absolute Gasteiger partial charge is 0.480 e. The van der Waals surface area contributed by atoms with Crippen LogP contribution in [0.5, 0.6) is 0 Å². The topological polar surface area (TPSA) is 75.6 Å². The van der Waals surface area contributed by atoms with Gasteiger partial charge < -0.3 is 15.2 Å². The maximum Gasteiger partial charge on any atom is 0.407 e. The molecule has 156 valence electrons. The van der Waals surface area contributed by atoms with Gasteiger partial charge in [0.05, 0.1) is 0 Å². The Morgan fingerprint density at radius 2 is 1.60 bits per heavy atom. The second kappa shape index (κ2) is 10.5. The number of unbranched alkanes of at least 4 members (excludes halogenated alkanes) is 4. The van der Waals surface area contributed by atoms with E-state index in [9.17, 15) is 14.7 Å². The number of hydrogen-bond acceptors (Lipinski definition) is 3. The van der Waals surface area contributed by atoms with Crippen molar-refractivity contribution in [2.75, 3.05) is 6.61 Å². The molecule has 0 heterocycles. The molecule has 1 amide bonds. The maximum atomic E-state index is 12.3. The first-order valence-corrected chi connectivity index (χ1v) is 10.4. The number of carbonyl (C=O) groups is 2. The van der Waals surface area contributed by atoms with E-state index >= 15 is 0 Å².